The number of hydrogen-bond acceptors (Lipinski definition) is 3. The van der Waals surface area contributed by atoms with E-state index in [9.17, 15) is 0 Å². The zero-order valence-electron chi connectivity index (χ0n) is 37.4. The van der Waals surface area contributed by atoms with Crippen molar-refractivity contribution < 1.29 is 4.74 Å². The van der Waals surface area contributed by atoms with Crippen LogP contribution in [-0.2, 0) is 7.05 Å². The highest BCUT2D eigenvalue weighted by molar-refractivity contribution is 7.22. The number of fused-ring (bicyclic) bond motifs is 7. The fourth-order valence-corrected chi connectivity index (χ4v) is 21.4. The summed E-state index contributed by atoms with van der Waals surface area (Å²) in [5, 5.41) is 12.6. The van der Waals surface area contributed by atoms with Gasteiger partial charge in [0.05, 0.1) is 22.1 Å². The maximum Gasteiger partial charge on any atom is 0.189 e. The molecule has 0 atom stereocenters. The number of para-hydroxylation sites is 3. The average Bonchev–Trinajstić information content (AvgIpc) is 3.93. The summed E-state index contributed by atoms with van der Waals surface area (Å²) in [6.07, 6.45) is 1.90. The molecule has 13 rings (SSSR count). The molecule has 1 aliphatic rings. The lowest BCUT2D eigenvalue weighted by molar-refractivity contribution is 0.487. The van der Waals surface area contributed by atoms with Gasteiger partial charge in [0, 0.05) is 34.8 Å². The van der Waals surface area contributed by atoms with Crippen LogP contribution in [0.4, 0.5) is 0 Å². The Labute approximate surface area is 396 Å². The standard InChI is InChI=1S/C61H44N4OSi2/c1-64-52-32-15-14-31-51(52)63-61(64)43-21-20-30-48(41-43)67(44-22-6-2-7-23-44,45-24-8-3-9-25-45)49-36-37-50-54(42-49)65(58-35-18-19-40-62-58)53-38-39-56-60(59(50)53)68(46-26-10-4-11-27-46,47-28-12-5-13-29-47)57-34-17-16-33-55(57)66-56/h2-42H,1H3. The van der Waals surface area contributed by atoms with Crippen molar-refractivity contribution >= 4 is 90.5 Å². The van der Waals surface area contributed by atoms with Crippen LogP contribution < -0.4 is 46.2 Å². The van der Waals surface area contributed by atoms with Gasteiger partial charge in [0.2, 0.25) is 0 Å². The Morgan fingerprint density at radius 3 is 1.78 bits per heavy atom. The maximum absolute atomic E-state index is 7.08. The first-order valence-corrected chi connectivity index (χ1v) is 27.2. The van der Waals surface area contributed by atoms with E-state index in [1.54, 1.807) is 0 Å². The van der Waals surface area contributed by atoms with Gasteiger partial charge < -0.3 is 9.30 Å². The Morgan fingerprint density at radius 2 is 1.09 bits per heavy atom. The van der Waals surface area contributed by atoms with Crippen LogP contribution in [0.25, 0.3) is 50.0 Å². The van der Waals surface area contributed by atoms with E-state index in [1.807, 2.05) is 12.3 Å². The number of ether oxygens (including phenoxy) is 1. The van der Waals surface area contributed by atoms with Crippen LogP contribution in [0, 0.1) is 0 Å². The van der Waals surface area contributed by atoms with E-state index in [0.717, 1.165) is 56.2 Å². The van der Waals surface area contributed by atoms with Crippen molar-refractivity contribution in [1.29, 1.82) is 0 Å². The van der Waals surface area contributed by atoms with Crippen LogP contribution >= 0.6 is 0 Å². The summed E-state index contributed by atoms with van der Waals surface area (Å²) in [5.74, 6) is 3.62. The predicted molar refractivity (Wildman–Crippen MR) is 286 cm³/mol. The lowest BCUT2D eigenvalue weighted by Crippen LogP contribution is -2.76. The molecule has 0 aliphatic carbocycles. The quantitative estimate of drug-likeness (QED) is 0.114. The number of pyridine rings is 1. The van der Waals surface area contributed by atoms with Crippen LogP contribution in [0.5, 0.6) is 11.5 Å². The molecule has 5 nitrogen and oxygen atoms in total. The Kier molecular flexibility index (Phi) is 9.35. The van der Waals surface area contributed by atoms with Gasteiger partial charge in [-0.05, 0) is 84.8 Å². The molecule has 3 aromatic heterocycles. The number of hydrogen-bond donors (Lipinski definition) is 0. The molecule has 1 aliphatic heterocycles. The fourth-order valence-electron chi connectivity index (χ4n) is 11.4. The van der Waals surface area contributed by atoms with Gasteiger partial charge in [-0.3, -0.25) is 4.57 Å². The number of aromatic nitrogens is 4. The summed E-state index contributed by atoms with van der Waals surface area (Å²) in [6, 6.07) is 89.1. The van der Waals surface area contributed by atoms with E-state index in [-0.39, 0.29) is 0 Å². The molecule has 0 radical (unpaired) electrons. The molecule has 0 amide bonds. The number of benzene rings is 9. The van der Waals surface area contributed by atoms with E-state index in [2.05, 4.69) is 253 Å². The monoisotopic (exact) mass is 904 g/mol. The van der Waals surface area contributed by atoms with Gasteiger partial charge in [-0.2, -0.15) is 0 Å². The predicted octanol–water partition coefficient (Wildman–Crippen LogP) is 8.59. The number of rotatable bonds is 8. The molecule has 0 saturated carbocycles. The molecule has 0 N–H and O–H groups in total. The first-order chi connectivity index (χ1) is 33.7. The van der Waals surface area contributed by atoms with E-state index in [1.165, 1.54) is 46.9 Å². The third kappa shape index (κ3) is 5.86. The molecule has 0 unspecified atom stereocenters. The highest BCUT2D eigenvalue weighted by Crippen LogP contribution is 2.38. The molecular formula is C61H44N4OSi2. The van der Waals surface area contributed by atoms with Crippen molar-refractivity contribution in [1.82, 2.24) is 19.1 Å². The second kappa shape index (κ2) is 15.9. The minimum Gasteiger partial charge on any atom is -0.458 e. The summed E-state index contributed by atoms with van der Waals surface area (Å²) in [7, 11) is -4.05. The smallest absolute Gasteiger partial charge is 0.189 e. The first kappa shape index (κ1) is 40.0. The number of aryl methyl sites for hydroxylation is 1. The van der Waals surface area contributed by atoms with Gasteiger partial charge in [0.15, 0.2) is 16.1 Å². The molecule has 4 heterocycles. The van der Waals surface area contributed by atoms with Gasteiger partial charge in [0.1, 0.15) is 23.1 Å². The number of nitrogens with zero attached hydrogens (tertiary/aromatic N) is 4. The Hall–Kier alpha value is -8.37. The Bertz CT molecular complexity index is 3760. The van der Waals surface area contributed by atoms with E-state index >= 15 is 0 Å². The molecule has 12 aromatic rings. The van der Waals surface area contributed by atoms with Crippen molar-refractivity contribution in [3.8, 4) is 28.7 Å². The summed E-state index contributed by atoms with van der Waals surface area (Å²) in [6.45, 7) is 0. The normalized spacial score (nSPS) is 13.0. The second-order valence-corrected chi connectivity index (χ2v) is 25.2. The molecule has 68 heavy (non-hydrogen) atoms. The lowest BCUT2D eigenvalue weighted by Gasteiger charge is -2.40. The molecule has 0 saturated heterocycles. The molecule has 7 heteroatoms. The van der Waals surface area contributed by atoms with Crippen molar-refractivity contribution in [2.24, 2.45) is 7.05 Å². The van der Waals surface area contributed by atoms with E-state index < -0.39 is 16.1 Å². The lowest BCUT2D eigenvalue weighted by atomic mass is 10.1. The third-order valence-corrected chi connectivity index (χ3v) is 23.9. The number of imidazole rings is 1. The van der Waals surface area contributed by atoms with Crippen LogP contribution in [0.2, 0.25) is 0 Å². The van der Waals surface area contributed by atoms with E-state index in [0.29, 0.717) is 0 Å². The van der Waals surface area contributed by atoms with Crippen LogP contribution in [0.15, 0.2) is 249 Å². The summed E-state index contributed by atoms with van der Waals surface area (Å²) in [4.78, 5) is 10.3. The highest BCUT2D eigenvalue weighted by Gasteiger charge is 2.50. The van der Waals surface area contributed by atoms with Gasteiger partial charge in [-0.15, -0.1) is 0 Å². The summed E-state index contributed by atoms with van der Waals surface area (Å²) >= 11 is 0. The highest BCUT2D eigenvalue weighted by atomic mass is 28.3. The first-order valence-electron chi connectivity index (χ1n) is 23.2. The van der Waals surface area contributed by atoms with Crippen LogP contribution in [0.1, 0.15) is 0 Å². The minimum atomic E-state index is -3.11. The largest absolute Gasteiger partial charge is 0.458 e. The van der Waals surface area contributed by atoms with Crippen molar-refractivity contribution in [2.75, 3.05) is 0 Å². The summed E-state index contributed by atoms with van der Waals surface area (Å²) < 4.78 is 11.7. The van der Waals surface area contributed by atoms with Crippen LogP contribution in [-0.4, -0.2) is 35.2 Å². The zero-order valence-corrected chi connectivity index (χ0v) is 39.4. The van der Waals surface area contributed by atoms with E-state index in [4.69, 9.17) is 14.7 Å². The molecule has 0 bridgehead atoms. The molecule has 0 fully saturated rings. The third-order valence-electron chi connectivity index (χ3n) is 14.3. The molecule has 9 aromatic carbocycles. The SMILES string of the molecule is Cn1c(-c2cccc([Si](c3ccccc3)(c3ccccc3)c3ccc4c5c6c(ccc5n(-c5ccccn5)c4c3)Oc3ccccc3[Si]6(c3ccccc3)c3ccccc3)c2)nc2ccccc21. The Balaban J connectivity index is 1.16. The van der Waals surface area contributed by atoms with Gasteiger partial charge in [0.25, 0.3) is 0 Å². The molecular weight excluding hydrogens is 861 g/mol. The van der Waals surface area contributed by atoms with Gasteiger partial charge in [-0.1, -0.05) is 194 Å². The van der Waals surface area contributed by atoms with Crippen molar-refractivity contribution in [3.63, 3.8) is 0 Å². The zero-order chi connectivity index (χ0) is 45.2. The fraction of sp³-hybridized carbons (Fsp3) is 0.0164. The van der Waals surface area contributed by atoms with Gasteiger partial charge in [-0.25, -0.2) is 9.97 Å². The summed E-state index contributed by atoms with van der Waals surface area (Å²) in [5.41, 5.74) is 5.38. The van der Waals surface area contributed by atoms with Gasteiger partial charge >= 0.3 is 0 Å². The van der Waals surface area contributed by atoms with Crippen LogP contribution in [0.3, 0.4) is 0 Å². The minimum absolute atomic E-state index is 0.865. The molecule has 322 valence electrons. The topological polar surface area (TPSA) is 44.9 Å². The average molecular weight is 905 g/mol. The van der Waals surface area contributed by atoms with Crippen molar-refractivity contribution in [3.05, 3.63) is 249 Å². The second-order valence-electron chi connectivity index (χ2n) is 17.7. The van der Waals surface area contributed by atoms with Crippen molar-refractivity contribution in [2.45, 2.75) is 0 Å². The molecule has 0 spiro atoms. The Morgan fingerprint density at radius 1 is 0.471 bits per heavy atom. The maximum atomic E-state index is 7.08.